The van der Waals surface area contributed by atoms with Crippen LogP contribution in [0, 0.1) is 0 Å². The van der Waals surface area contributed by atoms with Crippen molar-refractivity contribution in [1.29, 1.82) is 0 Å². The molecule has 4 nitrogen and oxygen atoms in total. The molecule has 98 valence electrons. The summed E-state index contributed by atoms with van der Waals surface area (Å²) in [5, 5.41) is 6.59. The van der Waals surface area contributed by atoms with Crippen molar-refractivity contribution in [1.82, 2.24) is 5.32 Å². The monoisotopic (exact) mass is 268 g/mol. The number of halogens is 1. The molecular weight excluding hydrogens is 252 g/mol. The van der Waals surface area contributed by atoms with Crippen LogP contribution in [0.1, 0.15) is 19.8 Å². The van der Waals surface area contributed by atoms with Crippen LogP contribution in [-0.2, 0) is 4.79 Å². The predicted molar refractivity (Wildman–Crippen MR) is 72.3 cm³/mol. The SMILES string of the molecule is COc1ccc(NC(C)C(=O)NC2CC2)cc1Cl. The molecule has 0 bridgehead atoms. The summed E-state index contributed by atoms with van der Waals surface area (Å²) in [4.78, 5) is 11.8. The quantitative estimate of drug-likeness (QED) is 0.862. The highest BCUT2D eigenvalue weighted by Gasteiger charge is 2.25. The Labute approximate surface area is 112 Å². The molecule has 1 fully saturated rings. The average molecular weight is 269 g/mol. The molecule has 0 spiro atoms. The normalized spacial score (nSPS) is 15.9. The molecule has 1 atom stereocenters. The van der Waals surface area contributed by atoms with Gasteiger partial charge in [0.2, 0.25) is 5.91 Å². The van der Waals surface area contributed by atoms with Crippen LogP contribution in [0.2, 0.25) is 5.02 Å². The number of hydrogen-bond donors (Lipinski definition) is 2. The molecule has 0 aromatic heterocycles. The van der Waals surface area contributed by atoms with Gasteiger partial charge in [-0.2, -0.15) is 0 Å². The van der Waals surface area contributed by atoms with E-state index < -0.39 is 0 Å². The maximum absolute atomic E-state index is 11.8. The first-order valence-electron chi connectivity index (χ1n) is 6.00. The van der Waals surface area contributed by atoms with Gasteiger partial charge in [0, 0.05) is 11.7 Å². The molecule has 1 aromatic rings. The van der Waals surface area contributed by atoms with E-state index >= 15 is 0 Å². The minimum Gasteiger partial charge on any atom is -0.495 e. The van der Waals surface area contributed by atoms with Crippen molar-refractivity contribution in [3.8, 4) is 5.75 Å². The summed E-state index contributed by atoms with van der Waals surface area (Å²) >= 11 is 6.02. The van der Waals surface area contributed by atoms with Crippen molar-refractivity contribution in [2.45, 2.75) is 31.8 Å². The lowest BCUT2D eigenvalue weighted by molar-refractivity contribution is -0.121. The summed E-state index contributed by atoms with van der Waals surface area (Å²) in [5.74, 6) is 0.641. The van der Waals surface area contributed by atoms with Crippen molar-refractivity contribution in [2.75, 3.05) is 12.4 Å². The molecule has 1 saturated carbocycles. The van der Waals surface area contributed by atoms with Gasteiger partial charge in [-0.15, -0.1) is 0 Å². The van der Waals surface area contributed by atoms with Crippen LogP contribution in [0.5, 0.6) is 5.75 Å². The van der Waals surface area contributed by atoms with Gasteiger partial charge in [-0.1, -0.05) is 11.6 Å². The van der Waals surface area contributed by atoms with Crippen molar-refractivity contribution < 1.29 is 9.53 Å². The highest BCUT2D eigenvalue weighted by Crippen LogP contribution is 2.27. The molecule has 1 aromatic carbocycles. The lowest BCUT2D eigenvalue weighted by atomic mass is 10.2. The molecule has 5 heteroatoms. The first-order valence-corrected chi connectivity index (χ1v) is 6.38. The number of amides is 1. The molecule has 0 saturated heterocycles. The van der Waals surface area contributed by atoms with Gasteiger partial charge in [-0.05, 0) is 38.0 Å². The highest BCUT2D eigenvalue weighted by molar-refractivity contribution is 6.32. The number of benzene rings is 1. The smallest absolute Gasteiger partial charge is 0.242 e. The van der Waals surface area contributed by atoms with E-state index in [9.17, 15) is 4.79 Å². The fraction of sp³-hybridized carbons (Fsp3) is 0.462. The van der Waals surface area contributed by atoms with E-state index in [0.717, 1.165) is 18.5 Å². The third-order valence-electron chi connectivity index (χ3n) is 2.85. The largest absolute Gasteiger partial charge is 0.495 e. The molecule has 18 heavy (non-hydrogen) atoms. The standard InChI is InChI=1S/C13H17ClN2O2/c1-8(13(17)16-9-3-4-9)15-10-5-6-12(18-2)11(14)7-10/h5-9,15H,3-4H2,1-2H3,(H,16,17). The van der Waals surface area contributed by atoms with Crippen LogP contribution in [0.3, 0.4) is 0 Å². The third kappa shape index (κ3) is 3.29. The van der Waals surface area contributed by atoms with E-state index in [2.05, 4.69) is 10.6 Å². The molecule has 0 heterocycles. The number of anilines is 1. The molecule has 2 rings (SSSR count). The van der Waals surface area contributed by atoms with Gasteiger partial charge in [0.15, 0.2) is 0 Å². The summed E-state index contributed by atoms with van der Waals surface area (Å²) in [5.41, 5.74) is 0.805. The lowest BCUT2D eigenvalue weighted by Gasteiger charge is -2.15. The molecule has 2 N–H and O–H groups in total. The zero-order chi connectivity index (χ0) is 13.1. The molecule has 0 radical (unpaired) electrons. The minimum absolute atomic E-state index is 0.0180. The van der Waals surface area contributed by atoms with E-state index in [1.54, 1.807) is 19.2 Å². The van der Waals surface area contributed by atoms with E-state index in [1.165, 1.54) is 0 Å². The Morgan fingerprint density at radius 3 is 2.78 bits per heavy atom. The fourth-order valence-corrected chi connectivity index (χ4v) is 1.88. The van der Waals surface area contributed by atoms with Crippen molar-refractivity contribution in [3.63, 3.8) is 0 Å². The van der Waals surface area contributed by atoms with Crippen LogP contribution in [0.25, 0.3) is 0 Å². The Morgan fingerprint density at radius 1 is 1.50 bits per heavy atom. The molecular formula is C13H17ClN2O2. The molecule has 1 unspecified atom stereocenters. The van der Waals surface area contributed by atoms with Gasteiger partial charge in [0.05, 0.1) is 12.1 Å². The number of ether oxygens (including phenoxy) is 1. The minimum atomic E-state index is -0.282. The summed E-state index contributed by atoms with van der Waals surface area (Å²) in [7, 11) is 1.57. The van der Waals surface area contributed by atoms with Crippen molar-refractivity contribution in [2.24, 2.45) is 0 Å². The van der Waals surface area contributed by atoms with E-state index in [4.69, 9.17) is 16.3 Å². The van der Waals surface area contributed by atoms with Gasteiger partial charge < -0.3 is 15.4 Å². The fourth-order valence-electron chi connectivity index (χ4n) is 1.63. The maximum atomic E-state index is 11.8. The van der Waals surface area contributed by atoms with Crippen LogP contribution in [0.15, 0.2) is 18.2 Å². The van der Waals surface area contributed by atoms with Gasteiger partial charge >= 0.3 is 0 Å². The summed E-state index contributed by atoms with van der Waals surface area (Å²) in [6.45, 7) is 1.83. The zero-order valence-corrected chi connectivity index (χ0v) is 11.3. The topological polar surface area (TPSA) is 50.4 Å². The Balaban J connectivity index is 1.95. The van der Waals surface area contributed by atoms with E-state index in [-0.39, 0.29) is 11.9 Å². The number of carbonyl (C=O) groups is 1. The first-order chi connectivity index (χ1) is 8.60. The number of hydrogen-bond acceptors (Lipinski definition) is 3. The van der Waals surface area contributed by atoms with E-state index in [0.29, 0.717) is 16.8 Å². The van der Waals surface area contributed by atoms with Crippen molar-refractivity contribution >= 4 is 23.2 Å². The maximum Gasteiger partial charge on any atom is 0.242 e. The van der Waals surface area contributed by atoms with Gasteiger partial charge in [0.25, 0.3) is 0 Å². The third-order valence-corrected chi connectivity index (χ3v) is 3.15. The number of methoxy groups -OCH3 is 1. The Hall–Kier alpha value is -1.42. The number of carbonyl (C=O) groups excluding carboxylic acids is 1. The number of nitrogens with one attached hydrogen (secondary N) is 2. The van der Waals surface area contributed by atoms with Gasteiger partial charge in [0.1, 0.15) is 11.8 Å². The highest BCUT2D eigenvalue weighted by atomic mass is 35.5. The summed E-state index contributed by atoms with van der Waals surface area (Å²) in [6, 6.07) is 5.46. The van der Waals surface area contributed by atoms with Crippen molar-refractivity contribution in [3.05, 3.63) is 23.2 Å². The Kier molecular flexibility index (Phi) is 3.97. The molecule has 1 aliphatic carbocycles. The first kappa shape index (κ1) is 13.0. The molecule has 0 aliphatic heterocycles. The number of rotatable bonds is 5. The molecule has 1 aliphatic rings. The average Bonchev–Trinajstić information content (AvgIpc) is 3.13. The second kappa shape index (κ2) is 5.48. The second-order valence-corrected chi connectivity index (χ2v) is 4.91. The van der Waals surface area contributed by atoms with Crippen LogP contribution in [0.4, 0.5) is 5.69 Å². The van der Waals surface area contributed by atoms with Crippen LogP contribution >= 0.6 is 11.6 Å². The lowest BCUT2D eigenvalue weighted by Crippen LogP contribution is -2.38. The van der Waals surface area contributed by atoms with E-state index in [1.807, 2.05) is 13.0 Å². The predicted octanol–water partition coefficient (Wildman–Crippen LogP) is 2.43. The Morgan fingerprint density at radius 2 is 2.22 bits per heavy atom. The van der Waals surface area contributed by atoms with Gasteiger partial charge in [-0.25, -0.2) is 0 Å². The Bertz CT molecular complexity index is 447. The van der Waals surface area contributed by atoms with Crippen LogP contribution in [-0.4, -0.2) is 25.1 Å². The summed E-state index contributed by atoms with van der Waals surface area (Å²) < 4.78 is 5.07. The molecule has 1 amide bonds. The summed E-state index contributed by atoms with van der Waals surface area (Å²) in [6.07, 6.45) is 2.18. The van der Waals surface area contributed by atoms with Crippen LogP contribution < -0.4 is 15.4 Å². The van der Waals surface area contributed by atoms with Gasteiger partial charge in [-0.3, -0.25) is 4.79 Å². The zero-order valence-electron chi connectivity index (χ0n) is 10.5. The second-order valence-electron chi connectivity index (χ2n) is 4.50.